The third-order valence-electron chi connectivity index (χ3n) is 2.33. The lowest BCUT2D eigenvalue weighted by atomic mass is 10.1. The summed E-state index contributed by atoms with van der Waals surface area (Å²) in [4.78, 5) is 0. The molecule has 0 saturated heterocycles. The fourth-order valence-corrected chi connectivity index (χ4v) is 3.31. The zero-order valence-corrected chi connectivity index (χ0v) is 9.84. The second kappa shape index (κ2) is 3.93. The average molecular weight is 224 g/mol. The van der Waals surface area contributed by atoms with Crippen LogP contribution in [0.15, 0.2) is 22.4 Å². The van der Waals surface area contributed by atoms with E-state index in [1.807, 2.05) is 6.07 Å². The highest BCUT2D eigenvalue weighted by atomic mass is 32.2. The molecule has 0 unspecified atom stereocenters. The smallest absolute Gasteiger partial charge is 0.0695 e. The van der Waals surface area contributed by atoms with Gasteiger partial charge in [0.2, 0.25) is 0 Å². The number of aliphatic hydroxyl groups excluding tert-OH is 1. The molecule has 0 radical (unpaired) electrons. The molecule has 1 heterocycles. The van der Waals surface area contributed by atoms with Gasteiger partial charge in [0.05, 0.1) is 10.8 Å². The van der Waals surface area contributed by atoms with Crippen molar-refractivity contribution in [2.45, 2.75) is 17.7 Å². The molecule has 0 saturated carbocycles. The number of rotatable bonds is 2. The standard InChI is InChI=1S/C11H12OS2/c1-7-3-4-8(6-12)11-9(7)5-10(13-2)14-11/h3-5,12H,6H2,1-2H3. The maximum Gasteiger partial charge on any atom is 0.0695 e. The first-order chi connectivity index (χ1) is 6.76. The summed E-state index contributed by atoms with van der Waals surface area (Å²) in [5.41, 5.74) is 2.32. The lowest BCUT2D eigenvalue weighted by molar-refractivity contribution is 0.283. The second-order valence-corrected chi connectivity index (χ2v) is 5.37. The van der Waals surface area contributed by atoms with Crippen LogP contribution in [0.4, 0.5) is 0 Å². The molecule has 0 fully saturated rings. The van der Waals surface area contributed by atoms with Crippen molar-refractivity contribution in [1.29, 1.82) is 0 Å². The van der Waals surface area contributed by atoms with E-state index in [1.165, 1.54) is 19.9 Å². The lowest BCUT2D eigenvalue weighted by Crippen LogP contribution is -1.83. The van der Waals surface area contributed by atoms with Gasteiger partial charge in [-0.3, -0.25) is 0 Å². The molecule has 1 nitrogen and oxygen atoms in total. The number of thioether (sulfide) groups is 1. The Labute approximate surface area is 91.8 Å². The topological polar surface area (TPSA) is 20.2 Å². The van der Waals surface area contributed by atoms with Gasteiger partial charge in [0.25, 0.3) is 0 Å². The fraction of sp³-hybridized carbons (Fsp3) is 0.273. The molecule has 1 aromatic carbocycles. The van der Waals surface area contributed by atoms with Gasteiger partial charge < -0.3 is 5.11 Å². The highest BCUT2D eigenvalue weighted by molar-refractivity contribution is 8.00. The third-order valence-corrected chi connectivity index (χ3v) is 4.61. The zero-order chi connectivity index (χ0) is 10.1. The van der Waals surface area contributed by atoms with Crippen LogP contribution in [0.3, 0.4) is 0 Å². The maximum absolute atomic E-state index is 9.21. The summed E-state index contributed by atoms with van der Waals surface area (Å²) in [6.45, 7) is 2.24. The Morgan fingerprint density at radius 3 is 2.86 bits per heavy atom. The molecule has 14 heavy (non-hydrogen) atoms. The van der Waals surface area contributed by atoms with Crippen LogP contribution in [0.5, 0.6) is 0 Å². The normalized spacial score (nSPS) is 11.1. The van der Waals surface area contributed by atoms with Gasteiger partial charge in [0, 0.05) is 4.70 Å². The van der Waals surface area contributed by atoms with Crippen molar-refractivity contribution >= 4 is 33.2 Å². The SMILES string of the molecule is CSc1cc2c(C)ccc(CO)c2s1. The zero-order valence-electron chi connectivity index (χ0n) is 8.20. The molecule has 2 aromatic rings. The van der Waals surface area contributed by atoms with Crippen LogP contribution < -0.4 is 0 Å². The minimum absolute atomic E-state index is 0.130. The maximum atomic E-state index is 9.21. The van der Waals surface area contributed by atoms with Gasteiger partial charge in [-0.1, -0.05) is 12.1 Å². The van der Waals surface area contributed by atoms with Crippen molar-refractivity contribution in [1.82, 2.24) is 0 Å². The predicted octanol–water partition coefficient (Wildman–Crippen LogP) is 3.42. The summed E-state index contributed by atoms with van der Waals surface area (Å²) < 4.78 is 2.54. The first kappa shape index (κ1) is 10.0. The number of benzene rings is 1. The van der Waals surface area contributed by atoms with E-state index in [0.29, 0.717) is 0 Å². The van der Waals surface area contributed by atoms with E-state index < -0.39 is 0 Å². The molecule has 0 bridgehead atoms. The van der Waals surface area contributed by atoms with Crippen LogP contribution in [0, 0.1) is 6.92 Å². The van der Waals surface area contributed by atoms with E-state index >= 15 is 0 Å². The van der Waals surface area contributed by atoms with Crippen molar-refractivity contribution < 1.29 is 5.11 Å². The van der Waals surface area contributed by atoms with Gasteiger partial charge in [-0.05, 0) is 35.8 Å². The molecular weight excluding hydrogens is 212 g/mol. The minimum Gasteiger partial charge on any atom is -0.392 e. The van der Waals surface area contributed by atoms with Crippen LogP contribution >= 0.6 is 23.1 Å². The molecule has 74 valence electrons. The van der Waals surface area contributed by atoms with E-state index in [9.17, 15) is 5.11 Å². The number of aliphatic hydroxyl groups is 1. The number of hydrogen-bond acceptors (Lipinski definition) is 3. The lowest BCUT2D eigenvalue weighted by Gasteiger charge is -2.00. The fourth-order valence-electron chi connectivity index (χ4n) is 1.52. The third kappa shape index (κ3) is 1.56. The molecule has 0 atom stereocenters. The van der Waals surface area contributed by atoms with Crippen LogP contribution in [0.1, 0.15) is 11.1 Å². The largest absolute Gasteiger partial charge is 0.392 e. The molecule has 0 aliphatic carbocycles. The molecule has 3 heteroatoms. The van der Waals surface area contributed by atoms with Gasteiger partial charge in [-0.2, -0.15) is 0 Å². The van der Waals surface area contributed by atoms with Crippen LogP contribution in [-0.2, 0) is 6.61 Å². The Morgan fingerprint density at radius 2 is 2.21 bits per heavy atom. The minimum atomic E-state index is 0.130. The summed E-state index contributed by atoms with van der Waals surface area (Å²) >= 11 is 3.52. The molecule has 0 aliphatic rings. The average Bonchev–Trinajstić information content (AvgIpc) is 2.63. The molecule has 1 N–H and O–H groups in total. The molecule has 0 spiro atoms. The first-order valence-electron chi connectivity index (χ1n) is 4.43. The van der Waals surface area contributed by atoms with Crippen molar-refractivity contribution in [3.8, 4) is 0 Å². The summed E-state index contributed by atoms with van der Waals surface area (Å²) in [7, 11) is 0. The Morgan fingerprint density at radius 1 is 1.43 bits per heavy atom. The van der Waals surface area contributed by atoms with Crippen LogP contribution in [0.2, 0.25) is 0 Å². The highest BCUT2D eigenvalue weighted by Crippen LogP contribution is 2.35. The second-order valence-electron chi connectivity index (χ2n) is 3.21. The number of hydrogen-bond donors (Lipinski definition) is 1. The number of thiophene rings is 1. The number of fused-ring (bicyclic) bond motifs is 1. The van der Waals surface area contributed by atoms with Gasteiger partial charge in [-0.15, -0.1) is 23.1 Å². The monoisotopic (exact) mass is 224 g/mol. The quantitative estimate of drug-likeness (QED) is 0.789. The Hall–Kier alpha value is -0.510. The van der Waals surface area contributed by atoms with Gasteiger partial charge in [0.15, 0.2) is 0 Å². The van der Waals surface area contributed by atoms with Crippen molar-refractivity contribution in [2.75, 3.05) is 6.26 Å². The molecule has 0 amide bonds. The van der Waals surface area contributed by atoms with E-state index in [1.54, 1.807) is 23.1 Å². The van der Waals surface area contributed by atoms with Gasteiger partial charge >= 0.3 is 0 Å². The van der Waals surface area contributed by atoms with E-state index in [-0.39, 0.29) is 6.61 Å². The van der Waals surface area contributed by atoms with Crippen molar-refractivity contribution in [3.05, 3.63) is 29.3 Å². The van der Waals surface area contributed by atoms with E-state index in [4.69, 9.17) is 0 Å². The van der Waals surface area contributed by atoms with Gasteiger partial charge in [-0.25, -0.2) is 0 Å². The van der Waals surface area contributed by atoms with Gasteiger partial charge in [0.1, 0.15) is 0 Å². The predicted molar refractivity (Wildman–Crippen MR) is 64.3 cm³/mol. The summed E-state index contributed by atoms with van der Waals surface area (Å²) in [5, 5.41) is 10.5. The van der Waals surface area contributed by atoms with Crippen molar-refractivity contribution in [3.63, 3.8) is 0 Å². The summed E-state index contributed by atoms with van der Waals surface area (Å²) in [5.74, 6) is 0. The first-order valence-corrected chi connectivity index (χ1v) is 6.47. The molecule has 1 aromatic heterocycles. The van der Waals surface area contributed by atoms with Crippen molar-refractivity contribution in [2.24, 2.45) is 0 Å². The summed E-state index contributed by atoms with van der Waals surface area (Å²) in [6.07, 6.45) is 2.08. The van der Waals surface area contributed by atoms with Crippen LogP contribution in [0.25, 0.3) is 10.1 Å². The van der Waals surface area contributed by atoms with E-state index in [0.717, 1.165) is 5.56 Å². The molecule has 2 rings (SSSR count). The Bertz CT molecular complexity index is 460. The Kier molecular flexibility index (Phi) is 2.81. The highest BCUT2D eigenvalue weighted by Gasteiger charge is 2.07. The van der Waals surface area contributed by atoms with E-state index in [2.05, 4.69) is 25.3 Å². The number of aryl methyl sites for hydroxylation is 1. The molecular formula is C11H12OS2. The Balaban J connectivity index is 2.74. The molecule has 0 aliphatic heterocycles. The van der Waals surface area contributed by atoms with Crippen LogP contribution in [-0.4, -0.2) is 11.4 Å². The summed E-state index contributed by atoms with van der Waals surface area (Å²) in [6, 6.07) is 6.29.